The Kier molecular flexibility index (Phi) is 3.29. The molecule has 1 unspecified atom stereocenters. The van der Waals surface area contributed by atoms with E-state index in [1.165, 1.54) is 24.3 Å². The first-order valence-corrected chi connectivity index (χ1v) is 7.19. The number of fused-ring (bicyclic) bond motifs is 1. The van der Waals surface area contributed by atoms with Crippen molar-refractivity contribution in [1.82, 2.24) is 19.9 Å². The topological polar surface area (TPSA) is 42.2 Å². The zero-order valence-electron chi connectivity index (χ0n) is 9.67. The van der Waals surface area contributed by atoms with Gasteiger partial charge >= 0.3 is 0 Å². The Morgan fingerprint density at radius 3 is 3.29 bits per heavy atom. The second-order valence-corrected chi connectivity index (χ2v) is 5.49. The molecule has 1 fully saturated rings. The minimum absolute atomic E-state index is 0.629. The van der Waals surface area contributed by atoms with E-state index in [9.17, 15) is 0 Å². The molecule has 3 heterocycles. The lowest BCUT2D eigenvalue weighted by atomic mass is 10.2. The molecule has 0 aromatic carbocycles. The summed E-state index contributed by atoms with van der Waals surface area (Å²) in [7, 11) is 0. The van der Waals surface area contributed by atoms with Crippen molar-refractivity contribution in [2.75, 3.05) is 11.5 Å². The maximum atomic E-state index is 4.22. The third kappa shape index (κ3) is 2.45. The Morgan fingerprint density at radius 2 is 2.41 bits per heavy atom. The van der Waals surface area contributed by atoms with Gasteiger partial charge < -0.3 is 5.32 Å². The summed E-state index contributed by atoms with van der Waals surface area (Å²) in [5, 5.41) is 11.9. The first-order valence-electron chi connectivity index (χ1n) is 6.03. The van der Waals surface area contributed by atoms with Gasteiger partial charge in [-0.3, -0.25) is 4.40 Å². The van der Waals surface area contributed by atoms with Gasteiger partial charge in [0.25, 0.3) is 0 Å². The van der Waals surface area contributed by atoms with Crippen molar-refractivity contribution >= 4 is 17.4 Å². The van der Waals surface area contributed by atoms with Crippen molar-refractivity contribution in [2.24, 2.45) is 0 Å². The number of pyridine rings is 1. The highest BCUT2D eigenvalue weighted by atomic mass is 32.2. The molecule has 5 heteroatoms. The average molecular weight is 248 g/mol. The van der Waals surface area contributed by atoms with Crippen molar-refractivity contribution in [1.29, 1.82) is 0 Å². The van der Waals surface area contributed by atoms with Crippen molar-refractivity contribution < 1.29 is 0 Å². The highest BCUT2D eigenvalue weighted by molar-refractivity contribution is 7.99. The van der Waals surface area contributed by atoms with Gasteiger partial charge in [-0.2, -0.15) is 11.8 Å². The van der Waals surface area contributed by atoms with Crippen LogP contribution in [-0.4, -0.2) is 32.1 Å². The highest BCUT2D eigenvalue weighted by Gasteiger charge is 2.14. The maximum absolute atomic E-state index is 4.22. The normalized spacial score (nSPS) is 20.8. The molecule has 0 radical (unpaired) electrons. The van der Waals surface area contributed by atoms with E-state index in [4.69, 9.17) is 0 Å². The Morgan fingerprint density at radius 1 is 1.41 bits per heavy atom. The van der Waals surface area contributed by atoms with Crippen LogP contribution in [-0.2, 0) is 6.54 Å². The summed E-state index contributed by atoms with van der Waals surface area (Å²) in [6.07, 6.45) is 4.62. The Labute approximate surface area is 105 Å². The van der Waals surface area contributed by atoms with Crippen molar-refractivity contribution in [3.8, 4) is 0 Å². The summed E-state index contributed by atoms with van der Waals surface area (Å²) in [5.41, 5.74) is 0.919. The fourth-order valence-corrected chi connectivity index (χ4v) is 3.26. The van der Waals surface area contributed by atoms with Crippen LogP contribution in [0.25, 0.3) is 5.65 Å². The van der Waals surface area contributed by atoms with Crippen LogP contribution in [0.5, 0.6) is 0 Å². The fraction of sp³-hybridized carbons (Fsp3) is 0.500. The molecule has 1 saturated heterocycles. The Bertz CT molecular complexity index is 490. The summed E-state index contributed by atoms with van der Waals surface area (Å²) in [6, 6.07) is 6.60. The molecule has 1 aliphatic heterocycles. The zero-order chi connectivity index (χ0) is 11.5. The molecule has 90 valence electrons. The fourth-order valence-electron chi connectivity index (χ4n) is 2.15. The number of hydrogen-bond donors (Lipinski definition) is 1. The molecule has 1 atom stereocenters. The van der Waals surface area contributed by atoms with E-state index in [2.05, 4.69) is 15.5 Å². The van der Waals surface area contributed by atoms with Crippen LogP contribution in [0, 0.1) is 0 Å². The third-order valence-corrected chi connectivity index (χ3v) is 4.31. The van der Waals surface area contributed by atoms with E-state index in [0.29, 0.717) is 6.04 Å². The molecule has 0 aliphatic carbocycles. The zero-order valence-corrected chi connectivity index (χ0v) is 10.5. The van der Waals surface area contributed by atoms with Crippen LogP contribution in [0.2, 0.25) is 0 Å². The predicted octanol–water partition coefficient (Wildman–Crippen LogP) is 1.71. The largest absolute Gasteiger partial charge is 0.306 e. The number of rotatable bonds is 3. The monoisotopic (exact) mass is 248 g/mol. The summed E-state index contributed by atoms with van der Waals surface area (Å²) >= 11 is 2.04. The summed E-state index contributed by atoms with van der Waals surface area (Å²) in [5.74, 6) is 3.53. The highest BCUT2D eigenvalue weighted by Crippen LogP contribution is 2.17. The van der Waals surface area contributed by atoms with Crippen LogP contribution >= 0.6 is 11.8 Å². The molecule has 2 aromatic heterocycles. The van der Waals surface area contributed by atoms with Crippen molar-refractivity contribution in [2.45, 2.75) is 25.4 Å². The molecular formula is C12H16N4S. The molecule has 1 aliphatic rings. The van der Waals surface area contributed by atoms with Gasteiger partial charge in [0.2, 0.25) is 0 Å². The van der Waals surface area contributed by atoms with Gasteiger partial charge in [-0.15, -0.1) is 10.2 Å². The van der Waals surface area contributed by atoms with Gasteiger partial charge in [0.05, 0.1) is 6.54 Å². The molecule has 4 nitrogen and oxygen atoms in total. The number of nitrogens with one attached hydrogen (secondary N) is 1. The lowest BCUT2D eigenvalue weighted by molar-refractivity contribution is 0.497. The lowest BCUT2D eigenvalue weighted by Gasteiger charge is -2.21. The van der Waals surface area contributed by atoms with E-state index in [0.717, 1.165) is 18.0 Å². The number of aromatic nitrogens is 3. The summed E-state index contributed by atoms with van der Waals surface area (Å²) < 4.78 is 2.04. The van der Waals surface area contributed by atoms with Crippen LogP contribution in [0.15, 0.2) is 24.4 Å². The van der Waals surface area contributed by atoms with Crippen LogP contribution < -0.4 is 5.32 Å². The first-order chi connectivity index (χ1) is 8.43. The van der Waals surface area contributed by atoms with Gasteiger partial charge in [-0.05, 0) is 30.7 Å². The standard InChI is InChI=1S/C12H16N4S/c1-2-6-16-11(5-1)14-15-12(16)8-13-10-4-3-7-17-9-10/h1-2,5-6,10,13H,3-4,7-9H2. The molecule has 17 heavy (non-hydrogen) atoms. The van der Waals surface area contributed by atoms with Crippen LogP contribution in [0.3, 0.4) is 0 Å². The van der Waals surface area contributed by atoms with Crippen molar-refractivity contribution in [3.05, 3.63) is 30.2 Å². The minimum atomic E-state index is 0.629. The molecule has 3 rings (SSSR count). The van der Waals surface area contributed by atoms with Gasteiger partial charge in [0.15, 0.2) is 11.5 Å². The Hall–Kier alpha value is -1.07. The molecule has 0 spiro atoms. The number of hydrogen-bond acceptors (Lipinski definition) is 4. The van der Waals surface area contributed by atoms with Crippen LogP contribution in [0.4, 0.5) is 0 Å². The number of thioether (sulfide) groups is 1. The smallest absolute Gasteiger partial charge is 0.160 e. The van der Waals surface area contributed by atoms with E-state index in [1.54, 1.807) is 0 Å². The van der Waals surface area contributed by atoms with Gasteiger partial charge in [0.1, 0.15) is 0 Å². The van der Waals surface area contributed by atoms with Crippen LogP contribution in [0.1, 0.15) is 18.7 Å². The van der Waals surface area contributed by atoms with E-state index in [-0.39, 0.29) is 0 Å². The quantitative estimate of drug-likeness (QED) is 0.898. The Balaban J connectivity index is 1.68. The molecule has 0 saturated carbocycles. The maximum Gasteiger partial charge on any atom is 0.160 e. The number of nitrogens with zero attached hydrogens (tertiary/aromatic N) is 3. The van der Waals surface area contributed by atoms with Gasteiger partial charge in [0, 0.05) is 18.0 Å². The predicted molar refractivity (Wildman–Crippen MR) is 70.2 cm³/mol. The average Bonchev–Trinajstić information content (AvgIpc) is 2.81. The summed E-state index contributed by atoms with van der Waals surface area (Å²) in [6.45, 7) is 0.802. The lowest BCUT2D eigenvalue weighted by Crippen LogP contribution is -2.33. The molecule has 2 aromatic rings. The van der Waals surface area contributed by atoms with E-state index >= 15 is 0 Å². The third-order valence-electron chi connectivity index (χ3n) is 3.09. The SMILES string of the molecule is c1ccn2c(CNC3CCCSC3)nnc2c1. The summed E-state index contributed by atoms with van der Waals surface area (Å²) in [4.78, 5) is 0. The minimum Gasteiger partial charge on any atom is -0.306 e. The molecule has 0 bridgehead atoms. The second kappa shape index (κ2) is 5.06. The van der Waals surface area contributed by atoms with Crippen molar-refractivity contribution in [3.63, 3.8) is 0 Å². The van der Waals surface area contributed by atoms with Gasteiger partial charge in [-0.1, -0.05) is 6.07 Å². The van der Waals surface area contributed by atoms with E-state index < -0.39 is 0 Å². The first kappa shape index (κ1) is 11.0. The molecule has 1 N–H and O–H groups in total. The van der Waals surface area contributed by atoms with E-state index in [1.807, 2.05) is 40.6 Å². The molecular weight excluding hydrogens is 232 g/mol. The molecule has 0 amide bonds. The van der Waals surface area contributed by atoms with Gasteiger partial charge in [-0.25, -0.2) is 0 Å². The second-order valence-electron chi connectivity index (χ2n) is 4.34.